The summed E-state index contributed by atoms with van der Waals surface area (Å²) < 4.78 is 11.4. The van der Waals surface area contributed by atoms with Crippen molar-refractivity contribution in [2.75, 3.05) is 6.61 Å². The van der Waals surface area contributed by atoms with Crippen LogP contribution in [0.1, 0.15) is 30.5 Å². The number of alkyl carbamates (subject to hydrolysis) is 1. The summed E-state index contributed by atoms with van der Waals surface area (Å²) in [6, 6.07) is 22.2. The summed E-state index contributed by atoms with van der Waals surface area (Å²) >= 11 is 0. The summed E-state index contributed by atoms with van der Waals surface area (Å²) in [5, 5.41) is 5.23. The number of benzene rings is 3. The van der Waals surface area contributed by atoms with Crippen molar-refractivity contribution < 1.29 is 14.3 Å². The number of hydrogen-bond acceptors (Lipinski definition) is 3. The molecule has 2 atom stereocenters. The SMILES string of the molecule is CC(NC(=O)OC[C@H]1CCc2ccccc2O1)c1cccc2ccccc12. The minimum absolute atomic E-state index is 0.0986. The van der Waals surface area contributed by atoms with Crippen molar-refractivity contribution in [2.45, 2.75) is 31.9 Å². The first kappa shape index (κ1) is 17.4. The first-order valence-electron chi connectivity index (χ1n) is 9.36. The Morgan fingerprint density at radius 2 is 1.89 bits per heavy atom. The number of aryl methyl sites for hydroxylation is 1. The van der Waals surface area contributed by atoms with E-state index in [0.29, 0.717) is 0 Å². The summed E-state index contributed by atoms with van der Waals surface area (Å²) in [7, 11) is 0. The molecule has 4 rings (SSSR count). The van der Waals surface area contributed by atoms with Gasteiger partial charge < -0.3 is 14.8 Å². The normalized spacial score (nSPS) is 16.9. The average molecular weight is 361 g/mol. The number of rotatable bonds is 4. The Morgan fingerprint density at radius 3 is 2.81 bits per heavy atom. The van der Waals surface area contributed by atoms with Gasteiger partial charge in [0.05, 0.1) is 6.04 Å². The number of ether oxygens (including phenoxy) is 2. The maximum atomic E-state index is 12.3. The van der Waals surface area contributed by atoms with E-state index in [4.69, 9.17) is 9.47 Å². The average Bonchev–Trinajstić information content (AvgIpc) is 2.71. The van der Waals surface area contributed by atoms with Crippen LogP contribution in [0.5, 0.6) is 5.75 Å². The molecule has 0 fully saturated rings. The number of carbonyl (C=O) groups excluding carboxylic acids is 1. The van der Waals surface area contributed by atoms with Crippen molar-refractivity contribution in [3.63, 3.8) is 0 Å². The first-order valence-corrected chi connectivity index (χ1v) is 9.36. The van der Waals surface area contributed by atoms with Crippen LogP contribution in [0.15, 0.2) is 66.7 Å². The molecule has 0 spiro atoms. The largest absolute Gasteiger partial charge is 0.487 e. The molecule has 1 aliphatic rings. The Morgan fingerprint density at radius 1 is 1.11 bits per heavy atom. The summed E-state index contributed by atoms with van der Waals surface area (Å²) in [6.45, 7) is 2.22. The van der Waals surface area contributed by atoms with Gasteiger partial charge in [-0.3, -0.25) is 0 Å². The van der Waals surface area contributed by atoms with Crippen molar-refractivity contribution in [3.8, 4) is 5.75 Å². The highest BCUT2D eigenvalue weighted by Gasteiger charge is 2.21. The van der Waals surface area contributed by atoms with Crippen LogP contribution in [-0.4, -0.2) is 18.8 Å². The highest BCUT2D eigenvalue weighted by molar-refractivity contribution is 5.86. The number of carbonyl (C=O) groups is 1. The molecule has 138 valence electrons. The fourth-order valence-corrected chi connectivity index (χ4v) is 3.59. The highest BCUT2D eigenvalue weighted by atomic mass is 16.6. The van der Waals surface area contributed by atoms with Crippen molar-refractivity contribution in [1.82, 2.24) is 5.32 Å². The fraction of sp³-hybridized carbons (Fsp3) is 0.261. The zero-order valence-corrected chi connectivity index (χ0v) is 15.4. The third-order valence-electron chi connectivity index (χ3n) is 5.03. The summed E-state index contributed by atoms with van der Waals surface area (Å²) in [6.07, 6.45) is 1.28. The molecule has 3 aromatic rings. The number of para-hydroxylation sites is 1. The van der Waals surface area contributed by atoms with Gasteiger partial charge in [0.1, 0.15) is 18.5 Å². The van der Waals surface area contributed by atoms with E-state index >= 15 is 0 Å². The number of nitrogens with one attached hydrogen (secondary N) is 1. The van der Waals surface area contributed by atoms with E-state index in [2.05, 4.69) is 29.6 Å². The minimum Gasteiger partial charge on any atom is -0.487 e. The van der Waals surface area contributed by atoms with Crippen molar-refractivity contribution >= 4 is 16.9 Å². The Hall–Kier alpha value is -3.01. The summed E-state index contributed by atoms with van der Waals surface area (Å²) in [4.78, 5) is 12.3. The summed E-state index contributed by atoms with van der Waals surface area (Å²) in [5.74, 6) is 0.891. The van der Waals surface area contributed by atoms with Gasteiger partial charge in [-0.25, -0.2) is 4.79 Å². The van der Waals surface area contributed by atoms with Crippen LogP contribution < -0.4 is 10.1 Å². The van der Waals surface area contributed by atoms with Crippen LogP contribution in [-0.2, 0) is 11.2 Å². The number of amides is 1. The van der Waals surface area contributed by atoms with Crippen LogP contribution in [0.4, 0.5) is 4.79 Å². The predicted molar refractivity (Wildman–Crippen MR) is 106 cm³/mol. The van der Waals surface area contributed by atoms with Crippen LogP contribution in [0.2, 0.25) is 0 Å². The maximum Gasteiger partial charge on any atom is 0.407 e. The first-order chi connectivity index (χ1) is 13.2. The monoisotopic (exact) mass is 361 g/mol. The minimum atomic E-state index is -0.419. The second kappa shape index (κ2) is 7.70. The molecule has 1 aliphatic heterocycles. The molecule has 4 nitrogen and oxygen atoms in total. The fourth-order valence-electron chi connectivity index (χ4n) is 3.59. The van der Waals surface area contributed by atoms with Crippen molar-refractivity contribution in [3.05, 3.63) is 77.9 Å². The molecule has 1 amide bonds. The van der Waals surface area contributed by atoms with Gasteiger partial charge in [-0.1, -0.05) is 60.7 Å². The van der Waals surface area contributed by atoms with Gasteiger partial charge in [0, 0.05) is 0 Å². The van der Waals surface area contributed by atoms with Crippen molar-refractivity contribution in [1.29, 1.82) is 0 Å². The molecule has 1 heterocycles. The van der Waals surface area contributed by atoms with Gasteiger partial charge >= 0.3 is 6.09 Å². The predicted octanol–water partition coefficient (Wildman–Crippen LogP) is 5.02. The zero-order chi connectivity index (χ0) is 18.6. The Labute approximate surface area is 159 Å². The molecular weight excluding hydrogens is 338 g/mol. The third-order valence-corrected chi connectivity index (χ3v) is 5.03. The van der Waals surface area contributed by atoms with Gasteiger partial charge in [-0.15, -0.1) is 0 Å². The van der Waals surface area contributed by atoms with E-state index in [-0.39, 0.29) is 18.8 Å². The molecule has 27 heavy (non-hydrogen) atoms. The molecular formula is C23H23NO3. The second-order valence-electron chi connectivity index (χ2n) is 6.92. The van der Waals surface area contributed by atoms with Crippen molar-refractivity contribution in [2.24, 2.45) is 0 Å². The lowest BCUT2D eigenvalue weighted by Gasteiger charge is -2.26. The number of fused-ring (bicyclic) bond motifs is 2. The van der Waals surface area contributed by atoms with Crippen LogP contribution in [0, 0.1) is 0 Å². The summed E-state index contributed by atoms with van der Waals surface area (Å²) in [5.41, 5.74) is 2.29. The van der Waals surface area contributed by atoms with Crippen LogP contribution in [0.3, 0.4) is 0 Å². The number of hydrogen-bond donors (Lipinski definition) is 1. The molecule has 0 radical (unpaired) electrons. The van der Waals surface area contributed by atoms with Gasteiger partial charge in [-0.2, -0.15) is 0 Å². The molecule has 1 N–H and O–H groups in total. The maximum absolute atomic E-state index is 12.3. The standard InChI is InChI=1S/C23H23NO3/c1-16(20-11-6-9-17-7-2-4-10-21(17)20)24-23(25)26-15-19-14-13-18-8-3-5-12-22(18)27-19/h2-12,16,19H,13-15H2,1H3,(H,24,25)/t16?,19-/m1/s1. The van der Waals surface area contributed by atoms with E-state index in [0.717, 1.165) is 34.9 Å². The lowest BCUT2D eigenvalue weighted by Crippen LogP contribution is -2.33. The lowest BCUT2D eigenvalue weighted by atomic mass is 10.00. The third kappa shape index (κ3) is 3.90. The lowest BCUT2D eigenvalue weighted by molar-refractivity contribution is 0.0696. The Balaban J connectivity index is 1.34. The van der Waals surface area contributed by atoms with E-state index in [9.17, 15) is 4.79 Å². The molecule has 0 aliphatic carbocycles. The topological polar surface area (TPSA) is 47.6 Å². The second-order valence-corrected chi connectivity index (χ2v) is 6.92. The Bertz CT molecular complexity index is 948. The molecule has 0 saturated heterocycles. The van der Waals surface area contributed by atoms with E-state index in [1.165, 1.54) is 5.56 Å². The molecule has 0 bridgehead atoms. The molecule has 4 heteroatoms. The van der Waals surface area contributed by atoms with E-state index in [1.807, 2.05) is 49.4 Å². The highest BCUT2D eigenvalue weighted by Crippen LogP contribution is 2.27. The molecule has 3 aromatic carbocycles. The van der Waals surface area contributed by atoms with E-state index < -0.39 is 6.09 Å². The van der Waals surface area contributed by atoms with Gasteiger partial charge in [0.15, 0.2) is 0 Å². The van der Waals surface area contributed by atoms with E-state index in [1.54, 1.807) is 0 Å². The van der Waals surface area contributed by atoms with Crippen LogP contribution in [0.25, 0.3) is 10.8 Å². The molecule has 0 saturated carbocycles. The molecule has 0 aromatic heterocycles. The quantitative estimate of drug-likeness (QED) is 0.710. The smallest absolute Gasteiger partial charge is 0.407 e. The van der Waals surface area contributed by atoms with Gasteiger partial charge in [0.25, 0.3) is 0 Å². The van der Waals surface area contributed by atoms with Gasteiger partial charge in [-0.05, 0) is 47.7 Å². The van der Waals surface area contributed by atoms with Gasteiger partial charge in [0.2, 0.25) is 0 Å². The van der Waals surface area contributed by atoms with Crippen LogP contribution >= 0.6 is 0 Å². The zero-order valence-electron chi connectivity index (χ0n) is 15.4. The molecule has 1 unspecified atom stereocenters. The Kier molecular flexibility index (Phi) is 4.97.